The molecule has 1 atom stereocenters. The highest BCUT2D eigenvalue weighted by Gasteiger charge is 2.19. The van der Waals surface area contributed by atoms with Gasteiger partial charge in [-0.3, -0.25) is 18.9 Å². The van der Waals surface area contributed by atoms with Crippen LogP contribution in [0.4, 0.5) is 10.1 Å². The van der Waals surface area contributed by atoms with Crippen LogP contribution in [0, 0.1) is 11.7 Å². The Morgan fingerprint density at radius 1 is 1.14 bits per heavy atom. The Balaban J connectivity index is 1.73. The lowest BCUT2D eigenvalue weighted by Gasteiger charge is -2.14. The van der Waals surface area contributed by atoms with Crippen LogP contribution in [-0.4, -0.2) is 43.0 Å². The first-order chi connectivity index (χ1) is 17.6. The van der Waals surface area contributed by atoms with Crippen molar-refractivity contribution in [2.75, 3.05) is 18.9 Å². The number of benzene rings is 2. The average Bonchev–Trinajstić information content (AvgIpc) is 2.89. The number of rotatable bonds is 8. The van der Waals surface area contributed by atoms with E-state index in [9.17, 15) is 22.4 Å². The molecule has 0 radical (unpaired) electrons. The van der Waals surface area contributed by atoms with Crippen molar-refractivity contribution in [2.24, 2.45) is 5.92 Å². The van der Waals surface area contributed by atoms with Gasteiger partial charge in [0.1, 0.15) is 11.5 Å². The summed E-state index contributed by atoms with van der Waals surface area (Å²) in [5, 5.41) is 2.88. The van der Waals surface area contributed by atoms with Crippen molar-refractivity contribution in [1.82, 2.24) is 19.9 Å². The van der Waals surface area contributed by atoms with Gasteiger partial charge in [0.2, 0.25) is 11.8 Å². The maximum Gasteiger partial charge on any atom is 0.262 e. The maximum atomic E-state index is 13.6. The Labute approximate surface area is 212 Å². The van der Waals surface area contributed by atoms with Crippen LogP contribution in [0.2, 0.25) is 0 Å². The topological polar surface area (TPSA) is 132 Å². The first-order valence-electron chi connectivity index (χ1n) is 11.2. The van der Waals surface area contributed by atoms with Crippen LogP contribution in [0.3, 0.4) is 0 Å². The molecule has 0 saturated heterocycles. The fourth-order valence-corrected chi connectivity index (χ4v) is 4.86. The van der Waals surface area contributed by atoms with E-state index in [0.29, 0.717) is 22.0 Å². The molecular weight excluding hydrogens is 501 g/mol. The zero-order valence-corrected chi connectivity index (χ0v) is 21.0. The third-order valence-electron chi connectivity index (χ3n) is 5.72. The Morgan fingerprint density at radius 2 is 1.92 bits per heavy atom. The van der Waals surface area contributed by atoms with E-state index in [2.05, 4.69) is 20.0 Å². The van der Waals surface area contributed by atoms with Gasteiger partial charge in [0, 0.05) is 25.4 Å². The predicted molar refractivity (Wildman–Crippen MR) is 136 cm³/mol. The molecule has 4 rings (SSSR count). The van der Waals surface area contributed by atoms with E-state index in [-0.39, 0.29) is 34.5 Å². The molecule has 2 aromatic carbocycles. The van der Waals surface area contributed by atoms with Gasteiger partial charge in [-0.1, -0.05) is 19.1 Å². The number of carbonyl (C=O) groups is 1. The molecule has 192 valence electrons. The van der Waals surface area contributed by atoms with Crippen molar-refractivity contribution in [3.63, 3.8) is 0 Å². The van der Waals surface area contributed by atoms with Gasteiger partial charge >= 0.3 is 0 Å². The minimum Gasteiger partial charge on any atom is -0.480 e. The molecular formula is C25H24FN5O5S. The van der Waals surface area contributed by atoms with Gasteiger partial charge in [0.25, 0.3) is 15.6 Å². The zero-order valence-electron chi connectivity index (χ0n) is 20.2. The van der Waals surface area contributed by atoms with Crippen LogP contribution in [0.15, 0.2) is 70.7 Å². The number of hydrogen-bond donors (Lipinski definition) is 2. The minimum atomic E-state index is -4.14. The lowest BCUT2D eigenvalue weighted by molar-refractivity contribution is -0.124. The zero-order chi connectivity index (χ0) is 26.7. The number of carbonyl (C=O) groups excluding carboxylic acids is 1. The number of aromatic nitrogens is 3. The van der Waals surface area contributed by atoms with Crippen molar-refractivity contribution in [2.45, 2.75) is 18.4 Å². The van der Waals surface area contributed by atoms with Crippen LogP contribution in [0.5, 0.6) is 5.88 Å². The summed E-state index contributed by atoms with van der Waals surface area (Å²) in [5.74, 6) is -1.32. The summed E-state index contributed by atoms with van der Waals surface area (Å²) in [6.07, 6.45) is 2.88. The molecule has 10 nitrogen and oxygen atoms in total. The van der Waals surface area contributed by atoms with Crippen LogP contribution >= 0.6 is 0 Å². The standard InChI is InChI=1S/C25H24FN5O5S/c1-15(23(32)27-2)13-31-14-29-21-8-7-16(9-20(21)25(31)33)17-10-22(24(36-3)28-12-17)30-37(34,35)19-6-4-5-18(26)11-19/h4-12,14-15,30H,13H2,1-3H3,(H,27,32)/t15-/m1/s1. The molecule has 2 N–H and O–H groups in total. The summed E-state index contributed by atoms with van der Waals surface area (Å²) in [6.45, 7) is 1.86. The molecule has 0 bridgehead atoms. The first-order valence-corrected chi connectivity index (χ1v) is 12.6. The Kier molecular flexibility index (Phi) is 7.21. The van der Waals surface area contributed by atoms with E-state index >= 15 is 0 Å². The van der Waals surface area contributed by atoms with Crippen molar-refractivity contribution in [1.29, 1.82) is 0 Å². The smallest absolute Gasteiger partial charge is 0.262 e. The number of amides is 1. The number of nitrogens with zero attached hydrogens (tertiary/aromatic N) is 3. The highest BCUT2D eigenvalue weighted by molar-refractivity contribution is 7.92. The second kappa shape index (κ2) is 10.3. The molecule has 37 heavy (non-hydrogen) atoms. The summed E-state index contributed by atoms with van der Waals surface area (Å²) >= 11 is 0. The molecule has 4 aromatic rings. The second-order valence-corrected chi connectivity index (χ2v) is 9.98. The Hall–Kier alpha value is -4.32. The summed E-state index contributed by atoms with van der Waals surface area (Å²) in [7, 11) is -1.27. The highest BCUT2D eigenvalue weighted by atomic mass is 32.2. The molecule has 0 fully saturated rings. The number of halogens is 1. The van der Waals surface area contributed by atoms with Crippen LogP contribution < -0.4 is 20.3 Å². The maximum absolute atomic E-state index is 13.6. The number of pyridine rings is 1. The number of nitrogens with one attached hydrogen (secondary N) is 2. The molecule has 2 heterocycles. The van der Waals surface area contributed by atoms with Gasteiger partial charge in [-0.15, -0.1) is 0 Å². The van der Waals surface area contributed by atoms with Crippen molar-refractivity contribution in [3.05, 3.63) is 77.2 Å². The molecule has 0 spiro atoms. The number of methoxy groups -OCH3 is 1. The van der Waals surface area contributed by atoms with E-state index in [1.807, 2.05) is 0 Å². The third-order valence-corrected chi connectivity index (χ3v) is 7.08. The second-order valence-electron chi connectivity index (χ2n) is 8.29. The molecule has 0 saturated carbocycles. The van der Waals surface area contributed by atoms with E-state index in [1.165, 1.54) is 49.4 Å². The Morgan fingerprint density at radius 3 is 2.62 bits per heavy atom. The predicted octanol–water partition coefficient (Wildman–Crippen LogP) is 2.79. The quantitative estimate of drug-likeness (QED) is 0.362. The van der Waals surface area contributed by atoms with E-state index in [1.54, 1.807) is 25.1 Å². The van der Waals surface area contributed by atoms with Crippen molar-refractivity contribution < 1.29 is 22.3 Å². The summed E-state index contributed by atoms with van der Waals surface area (Å²) < 4.78 is 48.3. The highest BCUT2D eigenvalue weighted by Crippen LogP contribution is 2.31. The van der Waals surface area contributed by atoms with Gasteiger partial charge in [-0.2, -0.15) is 0 Å². The van der Waals surface area contributed by atoms with Crippen LogP contribution in [0.25, 0.3) is 22.0 Å². The summed E-state index contributed by atoms with van der Waals surface area (Å²) in [5.41, 5.74) is 1.24. The molecule has 0 aliphatic heterocycles. The van der Waals surface area contributed by atoms with Gasteiger partial charge < -0.3 is 10.1 Å². The van der Waals surface area contributed by atoms with Crippen LogP contribution in [0.1, 0.15) is 6.92 Å². The molecule has 1 amide bonds. The summed E-state index contributed by atoms with van der Waals surface area (Å²) in [4.78, 5) is 33.3. The van der Waals surface area contributed by atoms with Gasteiger partial charge in [-0.25, -0.2) is 22.8 Å². The molecule has 2 aromatic heterocycles. The molecule has 0 aliphatic rings. The third kappa shape index (κ3) is 5.43. The monoisotopic (exact) mass is 525 g/mol. The van der Waals surface area contributed by atoms with E-state index < -0.39 is 21.8 Å². The van der Waals surface area contributed by atoms with Crippen LogP contribution in [-0.2, 0) is 21.4 Å². The first kappa shape index (κ1) is 25.8. The molecule has 0 unspecified atom stereocenters. The van der Waals surface area contributed by atoms with E-state index in [0.717, 1.165) is 12.1 Å². The van der Waals surface area contributed by atoms with Gasteiger partial charge in [0.15, 0.2) is 0 Å². The average molecular weight is 526 g/mol. The number of fused-ring (bicyclic) bond motifs is 1. The summed E-state index contributed by atoms with van der Waals surface area (Å²) in [6, 6.07) is 11.1. The number of sulfonamides is 1. The normalized spacial score (nSPS) is 12.2. The van der Waals surface area contributed by atoms with E-state index in [4.69, 9.17) is 4.74 Å². The van der Waals surface area contributed by atoms with Crippen molar-refractivity contribution >= 4 is 32.5 Å². The fraction of sp³-hybridized carbons (Fsp3) is 0.200. The molecule has 12 heteroatoms. The lowest BCUT2D eigenvalue weighted by Crippen LogP contribution is -2.32. The minimum absolute atomic E-state index is 0.0109. The Bertz CT molecular complexity index is 1660. The SMILES string of the molecule is CNC(=O)[C@H](C)Cn1cnc2ccc(-c3cnc(OC)c(NS(=O)(=O)c4cccc(F)c4)c3)cc2c1=O. The fourth-order valence-electron chi connectivity index (χ4n) is 3.78. The number of anilines is 1. The van der Waals surface area contributed by atoms with Crippen molar-refractivity contribution in [3.8, 4) is 17.0 Å². The number of hydrogen-bond acceptors (Lipinski definition) is 7. The number of ether oxygens (including phenoxy) is 1. The van der Waals surface area contributed by atoms with Gasteiger partial charge in [-0.05, 0) is 42.0 Å². The largest absolute Gasteiger partial charge is 0.480 e. The lowest BCUT2D eigenvalue weighted by atomic mass is 10.0. The van der Waals surface area contributed by atoms with Gasteiger partial charge in [0.05, 0.1) is 35.2 Å². The molecule has 0 aliphatic carbocycles.